The quantitative estimate of drug-likeness (QED) is 0.549. The van der Waals surface area contributed by atoms with Gasteiger partial charge >= 0.3 is 0 Å². The van der Waals surface area contributed by atoms with Crippen LogP contribution in [0.5, 0.6) is 5.75 Å². The van der Waals surface area contributed by atoms with E-state index in [1.165, 1.54) is 16.7 Å². The van der Waals surface area contributed by atoms with Gasteiger partial charge in [0.05, 0.1) is 18.3 Å². The first kappa shape index (κ1) is 22.5. The highest BCUT2D eigenvalue weighted by Crippen LogP contribution is 2.42. The van der Waals surface area contributed by atoms with Crippen molar-refractivity contribution in [2.24, 2.45) is 0 Å². The average molecular weight is 454 g/mol. The minimum atomic E-state index is 0.0159. The Morgan fingerprint density at radius 2 is 2.09 bits per heavy atom. The van der Waals surface area contributed by atoms with Gasteiger partial charge in [0.25, 0.3) is 0 Å². The zero-order valence-corrected chi connectivity index (χ0v) is 19.7. The summed E-state index contributed by atoms with van der Waals surface area (Å²) in [6.45, 7) is 4.31. The molecule has 2 aromatic rings. The van der Waals surface area contributed by atoms with Crippen molar-refractivity contribution in [2.75, 3.05) is 19.3 Å². The molecule has 0 spiro atoms. The first-order valence-electron chi connectivity index (χ1n) is 11.2. The van der Waals surface area contributed by atoms with Crippen LogP contribution in [-0.2, 0) is 4.79 Å². The Labute approximate surface area is 193 Å². The number of nitrogens with two attached hydrogens (primary N) is 1. The molecule has 1 aromatic heterocycles. The van der Waals surface area contributed by atoms with Crippen molar-refractivity contribution in [2.45, 2.75) is 58.1 Å². The van der Waals surface area contributed by atoms with E-state index >= 15 is 0 Å². The lowest BCUT2D eigenvalue weighted by Gasteiger charge is -2.32. The van der Waals surface area contributed by atoms with Crippen molar-refractivity contribution in [1.29, 1.82) is 0 Å². The summed E-state index contributed by atoms with van der Waals surface area (Å²) >= 11 is 1.59. The second kappa shape index (κ2) is 9.83. The summed E-state index contributed by atoms with van der Waals surface area (Å²) in [5, 5.41) is 16.9. The second-order valence-corrected chi connectivity index (χ2v) is 9.47. The van der Waals surface area contributed by atoms with Crippen LogP contribution in [-0.4, -0.2) is 41.8 Å². The fourth-order valence-electron chi connectivity index (χ4n) is 4.39. The van der Waals surface area contributed by atoms with E-state index in [2.05, 4.69) is 26.9 Å². The molecule has 0 saturated heterocycles. The number of nitrogens with one attached hydrogen (secondary N) is 2. The first-order chi connectivity index (χ1) is 15.5. The molecule has 0 bridgehead atoms. The van der Waals surface area contributed by atoms with Crippen LogP contribution in [0, 0.1) is 0 Å². The molecule has 0 saturated carbocycles. The number of nitrogens with zero attached hydrogens (tertiary/aromatic N) is 2. The minimum Gasteiger partial charge on any atom is -0.489 e. The normalized spacial score (nSPS) is 18.4. The zero-order chi connectivity index (χ0) is 22.7. The summed E-state index contributed by atoms with van der Waals surface area (Å²) in [5.41, 5.74) is 11.7. The number of anilines is 1. The van der Waals surface area contributed by atoms with E-state index < -0.39 is 0 Å². The van der Waals surface area contributed by atoms with Gasteiger partial charge in [-0.1, -0.05) is 17.4 Å². The highest BCUT2D eigenvalue weighted by atomic mass is 32.1. The lowest BCUT2D eigenvalue weighted by atomic mass is 9.79. The number of allylic oxidation sites excluding steroid dienone is 3. The average Bonchev–Trinajstić information content (AvgIpc) is 3.28. The summed E-state index contributed by atoms with van der Waals surface area (Å²) in [5.74, 6) is 0.706. The van der Waals surface area contributed by atoms with Crippen LogP contribution >= 0.6 is 11.3 Å². The first-order valence-corrected chi connectivity index (χ1v) is 12.0. The van der Waals surface area contributed by atoms with Crippen LogP contribution in [0.2, 0.25) is 0 Å². The van der Waals surface area contributed by atoms with Crippen molar-refractivity contribution >= 4 is 28.5 Å². The SMILES string of the molecule is CNC(=O)CNC1CCCC2=C1CCC=C2c1nnc(-c2ccc(OC(C)C)c(N)c2)s1. The monoisotopic (exact) mass is 453 g/mol. The van der Waals surface area contributed by atoms with Crippen LogP contribution < -0.4 is 21.1 Å². The van der Waals surface area contributed by atoms with Crippen LogP contribution in [0.1, 0.15) is 51.0 Å². The predicted octanol–water partition coefficient (Wildman–Crippen LogP) is 3.94. The maximum Gasteiger partial charge on any atom is 0.233 e. The summed E-state index contributed by atoms with van der Waals surface area (Å²) in [7, 11) is 1.67. The number of benzene rings is 1. The molecule has 2 aliphatic carbocycles. The molecule has 1 atom stereocenters. The Hall–Kier alpha value is -2.71. The largest absolute Gasteiger partial charge is 0.489 e. The maximum atomic E-state index is 11.7. The fourth-order valence-corrected chi connectivity index (χ4v) is 5.30. The lowest BCUT2D eigenvalue weighted by molar-refractivity contribution is -0.119. The third kappa shape index (κ3) is 4.86. The molecular formula is C24H31N5O2S. The van der Waals surface area contributed by atoms with Gasteiger partial charge in [-0.2, -0.15) is 0 Å². The molecule has 4 rings (SSSR count). The van der Waals surface area contributed by atoms with E-state index in [1.54, 1.807) is 18.4 Å². The van der Waals surface area contributed by atoms with Gasteiger partial charge in [0.2, 0.25) is 5.91 Å². The third-order valence-corrected chi connectivity index (χ3v) is 6.88. The number of nitrogen functional groups attached to an aromatic ring is 1. The Morgan fingerprint density at radius 3 is 2.84 bits per heavy atom. The van der Waals surface area contributed by atoms with Gasteiger partial charge in [0.1, 0.15) is 15.8 Å². The van der Waals surface area contributed by atoms with Gasteiger partial charge in [0, 0.05) is 24.2 Å². The van der Waals surface area contributed by atoms with Gasteiger partial charge in [-0.3, -0.25) is 4.79 Å². The van der Waals surface area contributed by atoms with Gasteiger partial charge in [-0.05, 0) is 75.3 Å². The lowest BCUT2D eigenvalue weighted by Crippen LogP contribution is -2.40. The number of ether oxygens (including phenoxy) is 1. The van der Waals surface area contributed by atoms with Crippen LogP contribution in [0.25, 0.3) is 16.1 Å². The summed E-state index contributed by atoms with van der Waals surface area (Å²) < 4.78 is 5.74. The smallest absolute Gasteiger partial charge is 0.233 e. The summed E-state index contributed by atoms with van der Waals surface area (Å²) in [6, 6.07) is 6.04. The molecule has 0 radical (unpaired) electrons. The number of carbonyl (C=O) groups is 1. The third-order valence-electron chi connectivity index (χ3n) is 5.88. The number of amides is 1. The van der Waals surface area contributed by atoms with E-state index in [0.717, 1.165) is 47.7 Å². The highest BCUT2D eigenvalue weighted by molar-refractivity contribution is 7.15. The van der Waals surface area contributed by atoms with Gasteiger partial charge in [0.15, 0.2) is 0 Å². The Bertz CT molecular complexity index is 1060. The van der Waals surface area contributed by atoms with Crippen LogP contribution in [0.4, 0.5) is 5.69 Å². The molecule has 0 aliphatic heterocycles. The zero-order valence-electron chi connectivity index (χ0n) is 18.9. The van der Waals surface area contributed by atoms with E-state index in [1.807, 2.05) is 32.0 Å². The molecule has 170 valence electrons. The van der Waals surface area contributed by atoms with E-state index in [0.29, 0.717) is 18.0 Å². The van der Waals surface area contributed by atoms with Crippen molar-refractivity contribution < 1.29 is 9.53 Å². The molecular weight excluding hydrogens is 422 g/mol. The number of likely N-dealkylation sites (N-methyl/N-ethyl adjacent to an activating group) is 1. The number of hydrogen-bond donors (Lipinski definition) is 3. The van der Waals surface area contributed by atoms with Crippen molar-refractivity contribution in [1.82, 2.24) is 20.8 Å². The standard InChI is InChI=1S/C24H31N5O2S/c1-14(2)31-21-11-10-15(12-19(21)25)23-28-29-24(32-23)18-8-4-7-17-16(18)6-5-9-20(17)27-13-22(30)26-3/h8,10-12,14,20,27H,4-7,9,13,25H2,1-3H3,(H,26,30). The molecule has 2 aliphatic rings. The number of rotatable bonds is 7. The van der Waals surface area contributed by atoms with Crippen LogP contribution in [0.3, 0.4) is 0 Å². The molecule has 32 heavy (non-hydrogen) atoms. The molecule has 8 heteroatoms. The summed E-state index contributed by atoms with van der Waals surface area (Å²) in [6.07, 6.45) is 7.58. The predicted molar refractivity (Wildman–Crippen MR) is 129 cm³/mol. The maximum absolute atomic E-state index is 11.7. The Kier molecular flexibility index (Phi) is 6.91. The van der Waals surface area contributed by atoms with Gasteiger partial charge in [-0.25, -0.2) is 0 Å². The highest BCUT2D eigenvalue weighted by Gasteiger charge is 2.28. The second-order valence-electron chi connectivity index (χ2n) is 8.49. The molecule has 1 heterocycles. The molecule has 1 amide bonds. The van der Waals surface area contributed by atoms with E-state index in [9.17, 15) is 4.79 Å². The Morgan fingerprint density at radius 1 is 1.28 bits per heavy atom. The molecule has 7 nitrogen and oxygen atoms in total. The fraction of sp³-hybridized carbons (Fsp3) is 0.458. The van der Waals surface area contributed by atoms with Gasteiger partial charge < -0.3 is 21.1 Å². The molecule has 4 N–H and O–H groups in total. The van der Waals surface area contributed by atoms with Gasteiger partial charge in [-0.15, -0.1) is 10.2 Å². The van der Waals surface area contributed by atoms with Crippen molar-refractivity contribution in [3.63, 3.8) is 0 Å². The minimum absolute atomic E-state index is 0.0159. The molecule has 1 unspecified atom stereocenters. The summed E-state index contributed by atoms with van der Waals surface area (Å²) in [4.78, 5) is 11.7. The Balaban J connectivity index is 1.56. The molecule has 1 aromatic carbocycles. The van der Waals surface area contributed by atoms with Crippen LogP contribution in [0.15, 0.2) is 35.4 Å². The van der Waals surface area contributed by atoms with E-state index in [4.69, 9.17) is 10.5 Å². The van der Waals surface area contributed by atoms with Crippen molar-refractivity contribution in [3.05, 3.63) is 40.4 Å². The molecule has 0 fully saturated rings. The number of hydrogen-bond acceptors (Lipinski definition) is 7. The number of carbonyl (C=O) groups excluding carboxylic acids is 1. The van der Waals surface area contributed by atoms with Crippen molar-refractivity contribution in [3.8, 4) is 16.3 Å². The number of aromatic nitrogens is 2. The topological polar surface area (TPSA) is 102 Å². The van der Waals surface area contributed by atoms with E-state index in [-0.39, 0.29) is 18.1 Å².